The molecule has 2 rings (SSSR count). The average molecular weight is 324 g/mol. The largest absolute Gasteiger partial charge is 0.309 e. The van der Waals surface area contributed by atoms with Crippen LogP contribution >= 0.6 is 27.3 Å². The molecule has 1 atom stereocenters. The lowest BCUT2D eigenvalue weighted by Crippen LogP contribution is -2.18. The van der Waals surface area contributed by atoms with Crippen LogP contribution in [0.15, 0.2) is 28.7 Å². The fourth-order valence-electron chi connectivity index (χ4n) is 2.37. The Bertz CT molecular complexity index is 539. The zero-order chi connectivity index (χ0) is 13.3. The van der Waals surface area contributed by atoms with Crippen LogP contribution in [-0.4, -0.2) is 7.05 Å². The number of nitrogens with one attached hydrogen (secondary N) is 1. The molecule has 0 amide bonds. The van der Waals surface area contributed by atoms with Gasteiger partial charge >= 0.3 is 0 Å². The minimum Gasteiger partial charge on any atom is -0.309 e. The van der Waals surface area contributed by atoms with Gasteiger partial charge < -0.3 is 5.32 Å². The van der Waals surface area contributed by atoms with Gasteiger partial charge in [0.05, 0.1) is 6.04 Å². The van der Waals surface area contributed by atoms with Crippen molar-refractivity contribution in [2.24, 2.45) is 0 Å². The Balaban J connectivity index is 2.48. The molecule has 0 aliphatic carbocycles. The van der Waals surface area contributed by atoms with E-state index in [1.54, 1.807) is 0 Å². The third-order valence-corrected chi connectivity index (χ3v) is 4.52. The summed E-state index contributed by atoms with van der Waals surface area (Å²) in [5, 5.41) is 3.43. The second-order valence-electron chi connectivity index (χ2n) is 4.65. The van der Waals surface area contributed by atoms with Crippen molar-refractivity contribution in [3.63, 3.8) is 0 Å². The van der Waals surface area contributed by atoms with Gasteiger partial charge in [0.2, 0.25) is 0 Å². The van der Waals surface area contributed by atoms with Crippen LogP contribution < -0.4 is 5.32 Å². The van der Waals surface area contributed by atoms with Gasteiger partial charge in [-0.05, 0) is 62.7 Å². The summed E-state index contributed by atoms with van der Waals surface area (Å²) in [7, 11) is 2.02. The fourth-order valence-corrected chi connectivity index (χ4v) is 3.96. The van der Waals surface area contributed by atoms with E-state index in [4.69, 9.17) is 0 Å². The molecule has 96 valence electrons. The molecule has 0 fully saturated rings. The summed E-state index contributed by atoms with van der Waals surface area (Å²) in [6, 6.07) is 9.14. The molecule has 0 bridgehead atoms. The fraction of sp³-hybridized carbons (Fsp3) is 0.333. The average Bonchev–Trinajstić information content (AvgIpc) is 2.58. The van der Waals surface area contributed by atoms with Crippen LogP contribution in [-0.2, 0) is 0 Å². The van der Waals surface area contributed by atoms with E-state index >= 15 is 0 Å². The van der Waals surface area contributed by atoms with Gasteiger partial charge in [-0.3, -0.25) is 0 Å². The van der Waals surface area contributed by atoms with Crippen molar-refractivity contribution in [3.8, 4) is 0 Å². The molecule has 0 aliphatic heterocycles. The zero-order valence-corrected chi connectivity index (χ0v) is 13.6. The highest BCUT2D eigenvalue weighted by molar-refractivity contribution is 9.10. The lowest BCUT2D eigenvalue weighted by atomic mass is 9.98. The van der Waals surface area contributed by atoms with E-state index in [1.165, 1.54) is 26.4 Å². The SMILES string of the molecule is CNC(c1cc(C)cc(Br)c1)c1cc(C)sc1C. The minimum absolute atomic E-state index is 0.270. The van der Waals surface area contributed by atoms with Gasteiger partial charge in [-0.1, -0.05) is 22.0 Å². The van der Waals surface area contributed by atoms with Crippen LogP contribution in [0.4, 0.5) is 0 Å². The number of thiophene rings is 1. The van der Waals surface area contributed by atoms with Crippen molar-refractivity contribution in [3.05, 3.63) is 55.2 Å². The molecule has 1 nitrogen and oxygen atoms in total. The van der Waals surface area contributed by atoms with Crippen LogP contribution in [0.25, 0.3) is 0 Å². The Kier molecular flexibility index (Phi) is 4.25. The first kappa shape index (κ1) is 13.8. The van der Waals surface area contributed by atoms with Gasteiger partial charge in [-0.25, -0.2) is 0 Å². The van der Waals surface area contributed by atoms with E-state index in [0.717, 1.165) is 4.47 Å². The number of aryl methyl sites for hydroxylation is 3. The summed E-state index contributed by atoms with van der Waals surface area (Å²) < 4.78 is 1.14. The molecule has 18 heavy (non-hydrogen) atoms. The summed E-state index contributed by atoms with van der Waals surface area (Å²) in [5.74, 6) is 0. The van der Waals surface area contributed by atoms with Crippen molar-refractivity contribution in [1.29, 1.82) is 0 Å². The van der Waals surface area contributed by atoms with E-state index < -0.39 is 0 Å². The number of hydrogen-bond acceptors (Lipinski definition) is 2. The predicted molar refractivity (Wildman–Crippen MR) is 83.6 cm³/mol. The highest BCUT2D eigenvalue weighted by atomic mass is 79.9. The molecular formula is C15H18BrNS. The van der Waals surface area contributed by atoms with Gasteiger partial charge in [0.15, 0.2) is 0 Å². The summed E-state index contributed by atoms with van der Waals surface area (Å²) >= 11 is 5.45. The maximum absolute atomic E-state index is 3.58. The van der Waals surface area contributed by atoms with Crippen LogP contribution in [0.3, 0.4) is 0 Å². The lowest BCUT2D eigenvalue weighted by molar-refractivity contribution is 0.689. The monoisotopic (exact) mass is 323 g/mol. The third-order valence-electron chi connectivity index (χ3n) is 3.08. The first-order valence-electron chi connectivity index (χ1n) is 6.02. The topological polar surface area (TPSA) is 12.0 Å². The van der Waals surface area contributed by atoms with Crippen molar-refractivity contribution in [2.75, 3.05) is 7.05 Å². The van der Waals surface area contributed by atoms with E-state index in [9.17, 15) is 0 Å². The van der Waals surface area contributed by atoms with E-state index in [-0.39, 0.29) is 6.04 Å². The van der Waals surface area contributed by atoms with Crippen molar-refractivity contribution < 1.29 is 0 Å². The Morgan fingerprint density at radius 1 is 1.11 bits per heavy atom. The van der Waals surface area contributed by atoms with Gasteiger partial charge in [0, 0.05) is 14.2 Å². The molecule has 1 unspecified atom stereocenters. The maximum Gasteiger partial charge on any atom is 0.0585 e. The zero-order valence-electron chi connectivity index (χ0n) is 11.2. The molecule has 1 heterocycles. The highest BCUT2D eigenvalue weighted by Gasteiger charge is 2.16. The molecule has 0 radical (unpaired) electrons. The quantitative estimate of drug-likeness (QED) is 0.859. The molecule has 3 heteroatoms. The normalized spacial score (nSPS) is 12.7. The van der Waals surface area contributed by atoms with Gasteiger partial charge in [-0.2, -0.15) is 0 Å². The summed E-state index contributed by atoms with van der Waals surface area (Å²) in [5.41, 5.74) is 3.98. The molecule has 1 aromatic carbocycles. The number of halogens is 1. The molecule has 1 N–H and O–H groups in total. The van der Waals surface area contributed by atoms with E-state index in [1.807, 2.05) is 18.4 Å². The maximum atomic E-state index is 3.58. The van der Waals surface area contributed by atoms with E-state index in [0.29, 0.717) is 0 Å². The Labute approximate surface area is 121 Å². The number of hydrogen-bond donors (Lipinski definition) is 1. The van der Waals surface area contributed by atoms with Crippen LogP contribution in [0.5, 0.6) is 0 Å². The smallest absolute Gasteiger partial charge is 0.0585 e. The first-order chi connectivity index (χ1) is 8.51. The Hall–Kier alpha value is -0.640. The second kappa shape index (κ2) is 5.55. The van der Waals surface area contributed by atoms with Crippen LogP contribution in [0.1, 0.15) is 32.5 Å². The van der Waals surface area contributed by atoms with E-state index in [2.05, 4.69) is 66.3 Å². The molecule has 0 saturated heterocycles. The van der Waals surface area contributed by atoms with Crippen molar-refractivity contribution >= 4 is 27.3 Å². The van der Waals surface area contributed by atoms with Gasteiger partial charge in [0.25, 0.3) is 0 Å². The lowest BCUT2D eigenvalue weighted by Gasteiger charge is -2.18. The Morgan fingerprint density at radius 3 is 2.33 bits per heavy atom. The highest BCUT2D eigenvalue weighted by Crippen LogP contribution is 2.32. The van der Waals surface area contributed by atoms with Gasteiger partial charge in [-0.15, -0.1) is 11.3 Å². The number of benzene rings is 1. The summed E-state index contributed by atoms with van der Waals surface area (Å²) in [6.45, 7) is 6.49. The number of rotatable bonds is 3. The van der Waals surface area contributed by atoms with Crippen molar-refractivity contribution in [1.82, 2.24) is 5.32 Å². The van der Waals surface area contributed by atoms with Crippen LogP contribution in [0.2, 0.25) is 0 Å². The molecular weight excluding hydrogens is 306 g/mol. The molecule has 0 saturated carbocycles. The second-order valence-corrected chi connectivity index (χ2v) is 7.03. The van der Waals surface area contributed by atoms with Crippen molar-refractivity contribution in [2.45, 2.75) is 26.8 Å². The summed E-state index contributed by atoms with van der Waals surface area (Å²) in [4.78, 5) is 2.76. The summed E-state index contributed by atoms with van der Waals surface area (Å²) in [6.07, 6.45) is 0. The standard InChI is InChI=1S/C15H18BrNS/c1-9-5-12(8-13(16)6-9)15(17-4)14-7-10(2)18-11(14)3/h5-8,15,17H,1-4H3. The molecule has 0 spiro atoms. The third kappa shape index (κ3) is 2.85. The Morgan fingerprint density at radius 2 is 1.83 bits per heavy atom. The first-order valence-corrected chi connectivity index (χ1v) is 7.63. The van der Waals surface area contributed by atoms with Crippen LogP contribution in [0, 0.1) is 20.8 Å². The minimum atomic E-state index is 0.270. The predicted octanol–water partition coefficient (Wildman–Crippen LogP) is 4.74. The molecule has 1 aromatic heterocycles. The molecule has 0 aliphatic rings. The van der Waals surface area contributed by atoms with Gasteiger partial charge in [0.1, 0.15) is 0 Å². The molecule has 2 aromatic rings.